The summed E-state index contributed by atoms with van der Waals surface area (Å²) in [6.45, 7) is 3.65. The Kier molecular flexibility index (Phi) is 8.02. The van der Waals surface area contributed by atoms with Crippen LogP contribution in [0.15, 0.2) is 0 Å². The molecule has 0 aromatic rings. The van der Waals surface area contributed by atoms with Crippen LogP contribution >= 0.6 is 7.80 Å². The fraction of sp³-hybridized carbons (Fsp3) is 1.00. The largest absolute Gasteiger partial charge is 0.335 e. The van der Waals surface area contributed by atoms with Gasteiger partial charge < -0.3 is 0 Å². The van der Waals surface area contributed by atoms with Crippen LogP contribution in [0.3, 0.4) is 0 Å². The van der Waals surface area contributed by atoms with E-state index in [1.165, 1.54) is 0 Å². The molecule has 0 aromatic carbocycles. The minimum absolute atomic E-state index is 0. The molecule has 6 heavy (non-hydrogen) atoms. The van der Waals surface area contributed by atoms with E-state index in [1.807, 2.05) is 6.92 Å². The average Bonchev–Trinajstić information content (AvgIpc) is 1.38. The first-order chi connectivity index (χ1) is 2.27. The molecule has 0 aliphatic heterocycles. The Hall–Kier alpha value is 0.100. The van der Waals surface area contributed by atoms with Gasteiger partial charge in [-0.05, 0) is 6.92 Å². The summed E-state index contributed by atoms with van der Waals surface area (Å²) in [5.74, 6) is 0. The maximum absolute atomic E-state index is 9.96. The van der Waals surface area contributed by atoms with E-state index in [4.69, 9.17) is 0 Å². The molecule has 0 heterocycles. The molecular formula is C4H12OP+. The minimum Gasteiger partial charge on any atom is -0.0776 e. The monoisotopic (exact) mass is 107 g/mol. The second-order valence-corrected chi connectivity index (χ2v) is 2.83. The summed E-state index contributed by atoms with van der Waals surface area (Å²) < 4.78 is 9.96. The lowest BCUT2D eigenvalue weighted by molar-refractivity contribution is 0.592. The molecule has 0 saturated heterocycles. The summed E-state index contributed by atoms with van der Waals surface area (Å²) in [6, 6.07) is 0. The molecule has 2 heteroatoms. The van der Waals surface area contributed by atoms with Gasteiger partial charge in [-0.1, -0.05) is 12.0 Å². The van der Waals surface area contributed by atoms with Gasteiger partial charge in [0.05, 0.1) is 0 Å². The maximum Gasteiger partial charge on any atom is 0.335 e. The summed E-state index contributed by atoms with van der Waals surface area (Å²) in [4.78, 5) is 0. The molecule has 0 amide bonds. The topological polar surface area (TPSA) is 17.1 Å². The highest BCUT2D eigenvalue weighted by Gasteiger charge is 1.93. The third-order valence-corrected chi connectivity index (χ3v) is 1.34. The summed E-state index contributed by atoms with van der Waals surface area (Å²) in [5.41, 5.74) is 0. The van der Waals surface area contributed by atoms with E-state index in [-0.39, 0.29) is 7.43 Å². The number of hydrogen-bond acceptors (Lipinski definition) is 1. The molecule has 0 rings (SSSR count). The number of hydrogen-bond donors (Lipinski definition) is 0. The van der Waals surface area contributed by atoms with Crippen LogP contribution in [0.5, 0.6) is 0 Å². The van der Waals surface area contributed by atoms with E-state index in [2.05, 4.69) is 0 Å². The van der Waals surface area contributed by atoms with Crippen molar-refractivity contribution < 1.29 is 4.57 Å². The predicted octanol–water partition coefficient (Wildman–Crippen LogP) is 2.10. The van der Waals surface area contributed by atoms with E-state index in [0.717, 1.165) is 6.16 Å². The Morgan fingerprint density at radius 3 is 1.83 bits per heavy atom. The lowest BCUT2D eigenvalue weighted by Gasteiger charge is -1.55. The first-order valence-corrected chi connectivity index (χ1v) is 3.55. The Balaban J connectivity index is 0. The van der Waals surface area contributed by atoms with Crippen LogP contribution in [0.25, 0.3) is 0 Å². The van der Waals surface area contributed by atoms with Gasteiger partial charge in [-0.2, -0.15) is 0 Å². The summed E-state index contributed by atoms with van der Waals surface area (Å²) in [7, 11) is -0.848. The standard InChI is InChI=1S/C3H8OP.CH4/c1-3-5(2)4;/h3H2,1-2H3;1H4/q+1;. The predicted molar refractivity (Wildman–Crippen MR) is 30.8 cm³/mol. The van der Waals surface area contributed by atoms with Gasteiger partial charge >= 0.3 is 7.80 Å². The van der Waals surface area contributed by atoms with E-state index < -0.39 is 7.80 Å². The smallest absolute Gasteiger partial charge is 0.0776 e. The summed E-state index contributed by atoms with van der Waals surface area (Å²) in [6.07, 6.45) is 0.815. The van der Waals surface area contributed by atoms with Gasteiger partial charge in [0, 0.05) is 0 Å². The van der Waals surface area contributed by atoms with E-state index in [1.54, 1.807) is 6.66 Å². The molecule has 0 fully saturated rings. The van der Waals surface area contributed by atoms with E-state index in [9.17, 15) is 4.57 Å². The van der Waals surface area contributed by atoms with Gasteiger partial charge in [-0.25, -0.2) is 0 Å². The highest BCUT2D eigenvalue weighted by molar-refractivity contribution is 7.43. The van der Waals surface area contributed by atoms with Crippen LogP contribution in [-0.2, 0) is 4.57 Å². The van der Waals surface area contributed by atoms with Gasteiger partial charge in [-0.3, -0.25) is 0 Å². The number of rotatable bonds is 1. The molecule has 38 valence electrons. The highest BCUT2D eigenvalue weighted by Crippen LogP contribution is 2.09. The molecule has 0 spiro atoms. The lowest BCUT2D eigenvalue weighted by atomic mass is 11.0. The van der Waals surface area contributed by atoms with Crippen molar-refractivity contribution in [2.75, 3.05) is 12.8 Å². The highest BCUT2D eigenvalue weighted by atomic mass is 31.1. The molecule has 0 aromatic heterocycles. The normalized spacial score (nSPS) is 9.33. The van der Waals surface area contributed by atoms with Crippen molar-refractivity contribution in [3.63, 3.8) is 0 Å². The van der Waals surface area contributed by atoms with E-state index in [0.29, 0.717) is 0 Å². The summed E-state index contributed by atoms with van der Waals surface area (Å²) in [5, 5.41) is 0. The molecule has 0 N–H and O–H groups in total. The fourth-order valence-electron chi connectivity index (χ4n) is 0. The lowest BCUT2D eigenvalue weighted by Crippen LogP contribution is -1.55. The Labute approximate surface area is 40.5 Å². The Morgan fingerprint density at radius 2 is 1.83 bits per heavy atom. The van der Waals surface area contributed by atoms with Crippen LogP contribution in [0.1, 0.15) is 14.4 Å². The van der Waals surface area contributed by atoms with Crippen LogP contribution < -0.4 is 0 Å². The Morgan fingerprint density at radius 1 is 1.67 bits per heavy atom. The van der Waals surface area contributed by atoms with Gasteiger partial charge in [0.15, 0.2) is 0 Å². The molecule has 0 bridgehead atoms. The average molecular weight is 107 g/mol. The third-order valence-electron chi connectivity index (χ3n) is 0.445. The van der Waals surface area contributed by atoms with Gasteiger partial charge in [0.25, 0.3) is 0 Å². The van der Waals surface area contributed by atoms with Crippen LogP contribution in [0.2, 0.25) is 0 Å². The molecule has 1 unspecified atom stereocenters. The second-order valence-electron chi connectivity index (χ2n) is 0.944. The zero-order valence-corrected chi connectivity index (χ0v) is 4.46. The molecule has 0 radical (unpaired) electrons. The quantitative estimate of drug-likeness (QED) is 0.469. The maximum atomic E-state index is 9.96. The van der Waals surface area contributed by atoms with E-state index >= 15 is 0 Å². The van der Waals surface area contributed by atoms with Crippen LogP contribution in [-0.4, -0.2) is 12.8 Å². The molecule has 0 saturated carbocycles. The fourth-order valence-corrected chi connectivity index (χ4v) is 0. The molecule has 0 aliphatic carbocycles. The van der Waals surface area contributed by atoms with Crippen LogP contribution in [0, 0.1) is 0 Å². The zero-order chi connectivity index (χ0) is 4.28. The van der Waals surface area contributed by atoms with Crippen molar-refractivity contribution in [1.29, 1.82) is 0 Å². The third kappa shape index (κ3) is 8.93. The van der Waals surface area contributed by atoms with Crippen molar-refractivity contribution in [3.8, 4) is 0 Å². The molecule has 0 aliphatic rings. The van der Waals surface area contributed by atoms with Crippen molar-refractivity contribution >= 4 is 7.80 Å². The minimum atomic E-state index is -0.848. The molecule has 1 nitrogen and oxygen atoms in total. The van der Waals surface area contributed by atoms with Gasteiger partial charge in [0.2, 0.25) is 0 Å². The first kappa shape index (κ1) is 9.44. The van der Waals surface area contributed by atoms with Gasteiger partial charge in [-0.15, -0.1) is 0 Å². The van der Waals surface area contributed by atoms with Gasteiger partial charge in [0.1, 0.15) is 12.8 Å². The van der Waals surface area contributed by atoms with Crippen molar-refractivity contribution in [2.24, 2.45) is 0 Å². The summed E-state index contributed by atoms with van der Waals surface area (Å²) >= 11 is 0. The SMILES string of the molecule is C.CC[P+](C)=O. The van der Waals surface area contributed by atoms with Crippen molar-refractivity contribution in [3.05, 3.63) is 0 Å². The Bertz CT molecular complexity index is 42.8. The van der Waals surface area contributed by atoms with Crippen LogP contribution in [0.4, 0.5) is 0 Å². The second kappa shape index (κ2) is 5.10. The first-order valence-electron chi connectivity index (χ1n) is 1.65. The van der Waals surface area contributed by atoms with Crippen molar-refractivity contribution in [2.45, 2.75) is 14.4 Å². The zero-order valence-electron chi connectivity index (χ0n) is 3.56. The van der Waals surface area contributed by atoms with Crippen molar-refractivity contribution in [1.82, 2.24) is 0 Å². The molecule has 1 atom stereocenters. The molecular weight excluding hydrogens is 95.0 g/mol.